The van der Waals surface area contributed by atoms with Crippen LogP contribution in [0.25, 0.3) is 6.08 Å². The van der Waals surface area contributed by atoms with Gasteiger partial charge in [0.15, 0.2) is 11.5 Å². The van der Waals surface area contributed by atoms with Crippen LogP contribution < -0.4 is 14.8 Å². The lowest BCUT2D eigenvalue weighted by Gasteiger charge is -2.15. The molecule has 0 unspecified atom stereocenters. The minimum Gasteiger partial charge on any atom is -0.490 e. The maximum atomic E-state index is 14.0. The van der Waals surface area contributed by atoms with Crippen LogP contribution in [0.2, 0.25) is 0 Å². The molecule has 0 atom stereocenters. The van der Waals surface area contributed by atoms with E-state index < -0.39 is 17.8 Å². The van der Waals surface area contributed by atoms with Crippen molar-refractivity contribution >= 4 is 18.0 Å². The van der Waals surface area contributed by atoms with Crippen LogP contribution in [0.3, 0.4) is 0 Å². The molecule has 1 aliphatic heterocycles. The number of nitrogens with one attached hydrogen (secondary N) is 1. The Kier molecular flexibility index (Phi) is 7.29. The predicted octanol–water partition coefficient (Wildman–Crippen LogP) is 4.06. The fraction of sp³-hybridized carbons (Fsp3) is 0.200. The number of amides is 3. The van der Waals surface area contributed by atoms with E-state index in [1.807, 2.05) is 13.0 Å². The van der Waals surface area contributed by atoms with Crippen LogP contribution in [0.5, 0.6) is 11.5 Å². The summed E-state index contributed by atoms with van der Waals surface area (Å²) < 4.78 is 25.3. The van der Waals surface area contributed by atoms with Crippen molar-refractivity contribution in [2.24, 2.45) is 0 Å². The normalized spacial score (nSPS) is 14.3. The highest BCUT2D eigenvalue weighted by Gasteiger charge is 2.34. The van der Waals surface area contributed by atoms with Gasteiger partial charge in [-0.25, -0.2) is 9.18 Å². The molecule has 1 heterocycles. The maximum Gasteiger partial charge on any atom is 0.329 e. The van der Waals surface area contributed by atoms with Gasteiger partial charge in [-0.3, -0.25) is 9.69 Å². The van der Waals surface area contributed by atoms with Gasteiger partial charge in [-0.05, 0) is 43.2 Å². The number of benzene rings is 2. The summed E-state index contributed by atoms with van der Waals surface area (Å²) in [6.45, 7) is 5.90. The molecule has 0 aliphatic carbocycles. The molecule has 1 saturated heterocycles. The molecular formula is C25H23FN2O4. The Labute approximate surface area is 186 Å². The number of nitrogens with zero attached hydrogens (tertiary/aromatic N) is 1. The zero-order chi connectivity index (χ0) is 23.1. The summed E-state index contributed by atoms with van der Waals surface area (Å²) in [6, 6.07) is 8.90. The summed E-state index contributed by atoms with van der Waals surface area (Å²) in [5, 5.41) is 2.55. The number of allylic oxidation sites excluding steroid dienone is 1. The Morgan fingerprint density at radius 3 is 2.69 bits per heavy atom. The fourth-order valence-corrected chi connectivity index (χ4v) is 3.29. The molecule has 2 aromatic carbocycles. The molecule has 2 aromatic rings. The third kappa shape index (κ3) is 4.98. The first-order chi connectivity index (χ1) is 15.5. The zero-order valence-corrected chi connectivity index (χ0v) is 17.7. The molecule has 0 aromatic heterocycles. The smallest absolute Gasteiger partial charge is 0.329 e. The lowest BCUT2D eigenvalue weighted by atomic mass is 10.0. The monoisotopic (exact) mass is 434 g/mol. The molecule has 1 aliphatic rings. The number of ether oxygens (including phenoxy) is 2. The Hall–Kier alpha value is -4.05. The minimum absolute atomic E-state index is 0.0736. The van der Waals surface area contributed by atoms with Crippen LogP contribution in [0.1, 0.15) is 23.6 Å². The van der Waals surface area contributed by atoms with E-state index >= 15 is 0 Å². The van der Waals surface area contributed by atoms with E-state index in [4.69, 9.17) is 15.9 Å². The maximum absolute atomic E-state index is 14.0. The second kappa shape index (κ2) is 10.3. The number of carbonyl (C=O) groups excluding carboxylic acids is 2. The van der Waals surface area contributed by atoms with Crippen LogP contribution in [0, 0.1) is 18.2 Å². The van der Waals surface area contributed by atoms with Gasteiger partial charge in [0, 0.05) is 11.1 Å². The summed E-state index contributed by atoms with van der Waals surface area (Å²) in [5.41, 5.74) is 1.72. The van der Waals surface area contributed by atoms with Gasteiger partial charge in [0.2, 0.25) is 0 Å². The number of hydrogen-bond acceptors (Lipinski definition) is 4. The Morgan fingerprint density at radius 2 is 2.00 bits per heavy atom. The van der Waals surface area contributed by atoms with Crippen molar-refractivity contribution in [1.82, 2.24) is 10.2 Å². The summed E-state index contributed by atoms with van der Waals surface area (Å²) >= 11 is 0. The number of hydrogen-bond donors (Lipinski definition) is 1. The molecule has 32 heavy (non-hydrogen) atoms. The summed E-state index contributed by atoms with van der Waals surface area (Å²) in [6.07, 6.45) is 9.06. The van der Waals surface area contributed by atoms with Gasteiger partial charge in [-0.15, -0.1) is 13.0 Å². The van der Waals surface area contributed by atoms with Crippen LogP contribution in [-0.2, 0) is 17.8 Å². The Bertz CT molecular complexity index is 1120. The highest BCUT2D eigenvalue weighted by Crippen LogP contribution is 2.35. The molecule has 0 radical (unpaired) electrons. The first-order valence-corrected chi connectivity index (χ1v) is 10.0. The average Bonchev–Trinajstić information content (AvgIpc) is 3.02. The molecule has 164 valence electrons. The predicted molar refractivity (Wildman–Crippen MR) is 119 cm³/mol. The van der Waals surface area contributed by atoms with E-state index in [0.29, 0.717) is 30.1 Å². The Morgan fingerprint density at radius 1 is 1.22 bits per heavy atom. The van der Waals surface area contributed by atoms with Crippen molar-refractivity contribution in [1.29, 1.82) is 0 Å². The number of terminal acetylenes is 1. The van der Waals surface area contributed by atoms with Gasteiger partial charge in [0.05, 0.1) is 13.2 Å². The van der Waals surface area contributed by atoms with Crippen molar-refractivity contribution in [3.63, 3.8) is 0 Å². The Balaban J connectivity index is 1.93. The number of halogens is 1. The average molecular weight is 434 g/mol. The molecular weight excluding hydrogens is 411 g/mol. The van der Waals surface area contributed by atoms with Crippen LogP contribution >= 0.6 is 0 Å². The van der Waals surface area contributed by atoms with Gasteiger partial charge in [-0.1, -0.05) is 30.2 Å². The highest BCUT2D eigenvalue weighted by atomic mass is 19.1. The number of carbonyl (C=O) groups is 2. The number of urea groups is 1. The molecule has 0 spiro atoms. The molecule has 6 nitrogen and oxygen atoms in total. The molecule has 3 rings (SSSR count). The highest BCUT2D eigenvalue weighted by molar-refractivity contribution is 6.13. The third-order valence-electron chi connectivity index (χ3n) is 4.68. The van der Waals surface area contributed by atoms with Gasteiger partial charge < -0.3 is 14.8 Å². The SMILES string of the molecule is C#CCOc1c(CC=C)cc(/C=C2\NC(=O)N(Cc3ccccc3F)C2=O)cc1OCC. The van der Waals surface area contributed by atoms with E-state index in [2.05, 4.69) is 17.8 Å². The fourth-order valence-electron chi connectivity index (χ4n) is 3.29. The topological polar surface area (TPSA) is 67.9 Å². The lowest BCUT2D eigenvalue weighted by Crippen LogP contribution is -2.30. The van der Waals surface area contributed by atoms with Crippen molar-refractivity contribution in [2.75, 3.05) is 13.2 Å². The van der Waals surface area contributed by atoms with E-state index in [0.717, 1.165) is 10.5 Å². The van der Waals surface area contributed by atoms with Crippen molar-refractivity contribution < 1.29 is 23.5 Å². The minimum atomic E-state index is -0.616. The molecule has 0 saturated carbocycles. The molecule has 7 heteroatoms. The largest absolute Gasteiger partial charge is 0.490 e. The van der Waals surface area contributed by atoms with E-state index in [1.165, 1.54) is 12.1 Å². The first-order valence-electron chi connectivity index (χ1n) is 10.0. The molecule has 3 amide bonds. The standard InChI is InChI=1S/C25H23FN2O4/c1-4-9-18-13-17(15-22(31-6-3)23(18)32-12-5-2)14-21-24(29)28(25(30)27-21)16-19-10-7-8-11-20(19)26/h2,4,7-8,10-11,13-15H,1,6,9,12,16H2,3H3,(H,27,30)/b21-14-. The molecule has 0 bridgehead atoms. The third-order valence-corrected chi connectivity index (χ3v) is 4.68. The van der Waals surface area contributed by atoms with Crippen LogP contribution in [0.4, 0.5) is 9.18 Å². The summed E-state index contributed by atoms with van der Waals surface area (Å²) in [7, 11) is 0. The van der Waals surface area contributed by atoms with E-state index in [1.54, 1.807) is 30.4 Å². The van der Waals surface area contributed by atoms with E-state index in [-0.39, 0.29) is 24.4 Å². The zero-order valence-electron chi connectivity index (χ0n) is 17.7. The van der Waals surface area contributed by atoms with Gasteiger partial charge in [0.1, 0.15) is 18.1 Å². The van der Waals surface area contributed by atoms with E-state index in [9.17, 15) is 14.0 Å². The lowest BCUT2D eigenvalue weighted by molar-refractivity contribution is -0.123. The molecule has 1 N–H and O–H groups in total. The first kappa shape index (κ1) is 22.6. The number of imide groups is 1. The summed E-state index contributed by atoms with van der Waals surface area (Å²) in [4.78, 5) is 26.2. The summed E-state index contributed by atoms with van der Waals surface area (Å²) in [5.74, 6) is 2.37. The van der Waals surface area contributed by atoms with Gasteiger partial charge >= 0.3 is 6.03 Å². The van der Waals surface area contributed by atoms with Crippen molar-refractivity contribution in [3.05, 3.63) is 77.3 Å². The quantitative estimate of drug-likeness (QED) is 0.280. The van der Waals surface area contributed by atoms with Gasteiger partial charge in [-0.2, -0.15) is 0 Å². The van der Waals surface area contributed by atoms with Crippen molar-refractivity contribution in [3.8, 4) is 23.8 Å². The number of rotatable bonds is 9. The van der Waals surface area contributed by atoms with Crippen molar-refractivity contribution in [2.45, 2.75) is 19.9 Å². The van der Waals surface area contributed by atoms with Crippen LogP contribution in [0.15, 0.2) is 54.8 Å². The van der Waals surface area contributed by atoms with Crippen LogP contribution in [-0.4, -0.2) is 30.1 Å². The second-order valence-electron chi connectivity index (χ2n) is 6.90. The second-order valence-corrected chi connectivity index (χ2v) is 6.90. The van der Waals surface area contributed by atoms with Gasteiger partial charge in [0.25, 0.3) is 5.91 Å². The molecule has 1 fully saturated rings.